The van der Waals surface area contributed by atoms with E-state index in [1.165, 1.54) is 11.3 Å². The van der Waals surface area contributed by atoms with Crippen LogP contribution in [0.1, 0.15) is 19.8 Å². The molecule has 102 valence electrons. The number of ether oxygens (including phenoxy) is 1. The summed E-state index contributed by atoms with van der Waals surface area (Å²) in [4.78, 5) is 2.39. The standard InChI is InChI=1S/C18H19NO/c1-14-13-17-18(20-14)11-6-5-7-15(18)10-12-19(17)16-8-3-2-4-9-16/h2-10,12,14,17H,11,13H2,1H3/t14?,17?,18-/m0/s1. The summed E-state index contributed by atoms with van der Waals surface area (Å²) in [7, 11) is 0. The van der Waals surface area contributed by atoms with Gasteiger partial charge in [0.2, 0.25) is 0 Å². The number of benzene rings is 1. The van der Waals surface area contributed by atoms with Gasteiger partial charge in [0.05, 0.1) is 12.1 Å². The Hall–Kier alpha value is -1.80. The molecule has 1 aromatic rings. The van der Waals surface area contributed by atoms with Crippen molar-refractivity contribution in [1.82, 2.24) is 0 Å². The summed E-state index contributed by atoms with van der Waals surface area (Å²) in [5.41, 5.74) is 2.42. The molecule has 0 aromatic heterocycles. The van der Waals surface area contributed by atoms with E-state index in [1.54, 1.807) is 0 Å². The number of para-hydroxylation sites is 1. The number of hydrogen-bond donors (Lipinski definition) is 0. The van der Waals surface area contributed by atoms with Crippen molar-refractivity contribution in [3.63, 3.8) is 0 Å². The zero-order valence-corrected chi connectivity index (χ0v) is 11.7. The topological polar surface area (TPSA) is 12.5 Å². The van der Waals surface area contributed by atoms with Crippen molar-refractivity contribution in [3.05, 3.63) is 66.4 Å². The molecule has 4 rings (SSSR count). The normalized spacial score (nSPS) is 34.6. The highest BCUT2D eigenvalue weighted by atomic mass is 16.5. The summed E-state index contributed by atoms with van der Waals surface area (Å²) >= 11 is 0. The van der Waals surface area contributed by atoms with Crippen molar-refractivity contribution in [1.29, 1.82) is 0 Å². The molecule has 20 heavy (non-hydrogen) atoms. The summed E-state index contributed by atoms with van der Waals surface area (Å²) in [6, 6.07) is 11.0. The van der Waals surface area contributed by atoms with E-state index in [1.807, 2.05) is 0 Å². The van der Waals surface area contributed by atoms with Crippen LogP contribution in [0.2, 0.25) is 0 Å². The van der Waals surface area contributed by atoms with E-state index in [-0.39, 0.29) is 5.60 Å². The van der Waals surface area contributed by atoms with Crippen LogP contribution in [0, 0.1) is 0 Å². The van der Waals surface area contributed by atoms with Gasteiger partial charge >= 0.3 is 0 Å². The molecule has 0 amide bonds. The van der Waals surface area contributed by atoms with Gasteiger partial charge in [-0.25, -0.2) is 0 Å². The fourth-order valence-corrected chi connectivity index (χ4v) is 3.77. The molecule has 1 fully saturated rings. The fraction of sp³-hybridized carbons (Fsp3) is 0.333. The average Bonchev–Trinajstić information content (AvgIpc) is 2.82. The Labute approximate surface area is 120 Å². The maximum absolute atomic E-state index is 6.40. The van der Waals surface area contributed by atoms with Gasteiger partial charge in [0.25, 0.3) is 0 Å². The van der Waals surface area contributed by atoms with Gasteiger partial charge in [-0.1, -0.05) is 36.4 Å². The third-order valence-corrected chi connectivity index (χ3v) is 4.63. The first-order chi connectivity index (χ1) is 9.79. The van der Waals surface area contributed by atoms with Gasteiger partial charge in [0, 0.05) is 18.3 Å². The average molecular weight is 265 g/mol. The first kappa shape index (κ1) is 12.0. The van der Waals surface area contributed by atoms with Crippen LogP contribution in [0.3, 0.4) is 0 Å². The number of rotatable bonds is 1. The lowest BCUT2D eigenvalue weighted by molar-refractivity contribution is -0.0105. The summed E-state index contributed by atoms with van der Waals surface area (Å²) < 4.78 is 6.40. The van der Waals surface area contributed by atoms with Crippen LogP contribution in [0.5, 0.6) is 0 Å². The third kappa shape index (κ3) is 1.61. The number of anilines is 1. The Morgan fingerprint density at radius 1 is 1.25 bits per heavy atom. The van der Waals surface area contributed by atoms with Crippen LogP contribution in [0.25, 0.3) is 0 Å². The molecule has 2 aliphatic heterocycles. The second-order valence-electron chi connectivity index (χ2n) is 5.88. The maximum Gasteiger partial charge on any atom is 0.118 e. The van der Waals surface area contributed by atoms with Crippen LogP contribution in [-0.4, -0.2) is 17.7 Å². The van der Waals surface area contributed by atoms with E-state index in [2.05, 4.69) is 72.7 Å². The Morgan fingerprint density at radius 3 is 2.95 bits per heavy atom. The number of nitrogens with zero attached hydrogens (tertiary/aromatic N) is 1. The minimum absolute atomic E-state index is 0.154. The summed E-state index contributed by atoms with van der Waals surface area (Å²) in [6.45, 7) is 2.19. The quantitative estimate of drug-likeness (QED) is 0.765. The fourth-order valence-electron chi connectivity index (χ4n) is 3.77. The smallest absolute Gasteiger partial charge is 0.118 e. The largest absolute Gasteiger partial charge is 0.365 e. The number of allylic oxidation sites excluding steroid dienone is 2. The summed E-state index contributed by atoms with van der Waals surface area (Å²) in [5.74, 6) is 0. The monoisotopic (exact) mass is 265 g/mol. The van der Waals surface area contributed by atoms with Gasteiger partial charge in [0.15, 0.2) is 0 Å². The highest BCUT2D eigenvalue weighted by Crippen LogP contribution is 2.47. The third-order valence-electron chi connectivity index (χ3n) is 4.63. The Kier molecular flexibility index (Phi) is 2.61. The van der Waals surface area contributed by atoms with Crippen molar-refractivity contribution < 1.29 is 4.74 Å². The SMILES string of the molecule is CC1CC2N(c3ccccc3)C=CC3=CC=CC[C@]32O1. The van der Waals surface area contributed by atoms with Gasteiger partial charge in [-0.15, -0.1) is 0 Å². The van der Waals surface area contributed by atoms with E-state index < -0.39 is 0 Å². The van der Waals surface area contributed by atoms with Crippen molar-refractivity contribution >= 4 is 5.69 Å². The molecular formula is C18H19NO. The lowest BCUT2D eigenvalue weighted by Gasteiger charge is -2.45. The van der Waals surface area contributed by atoms with E-state index >= 15 is 0 Å². The molecule has 2 heteroatoms. The molecule has 2 unspecified atom stereocenters. The molecule has 2 nitrogen and oxygen atoms in total. The van der Waals surface area contributed by atoms with Gasteiger partial charge in [-0.05, 0) is 37.1 Å². The van der Waals surface area contributed by atoms with E-state index in [9.17, 15) is 0 Å². The molecule has 3 atom stereocenters. The molecule has 1 aromatic carbocycles. The molecular weight excluding hydrogens is 246 g/mol. The Bertz CT molecular complexity index is 601. The highest BCUT2D eigenvalue weighted by molar-refractivity contribution is 5.58. The predicted octanol–water partition coefficient (Wildman–Crippen LogP) is 3.82. The zero-order chi connectivity index (χ0) is 13.6. The first-order valence-corrected chi connectivity index (χ1v) is 7.36. The molecule has 0 bridgehead atoms. The summed E-state index contributed by atoms with van der Waals surface area (Å²) in [5, 5.41) is 0. The maximum atomic E-state index is 6.40. The molecule has 0 radical (unpaired) electrons. The van der Waals surface area contributed by atoms with Crippen molar-refractivity contribution in [3.8, 4) is 0 Å². The van der Waals surface area contributed by atoms with Gasteiger partial charge in [0.1, 0.15) is 5.60 Å². The van der Waals surface area contributed by atoms with Crippen molar-refractivity contribution in [2.24, 2.45) is 0 Å². The van der Waals surface area contributed by atoms with E-state index in [0.29, 0.717) is 12.1 Å². The minimum atomic E-state index is -0.154. The molecule has 1 aliphatic carbocycles. The molecule has 1 spiro atoms. The van der Waals surface area contributed by atoms with Crippen molar-refractivity contribution in [2.75, 3.05) is 4.90 Å². The van der Waals surface area contributed by atoms with Gasteiger partial charge in [-0.3, -0.25) is 0 Å². The second kappa shape index (κ2) is 4.35. The van der Waals surface area contributed by atoms with Crippen LogP contribution in [0.15, 0.2) is 66.4 Å². The first-order valence-electron chi connectivity index (χ1n) is 7.36. The zero-order valence-electron chi connectivity index (χ0n) is 11.7. The van der Waals surface area contributed by atoms with Crippen molar-refractivity contribution in [2.45, 2.75) is 37.5 Å². The number of hydrogen-bond acceptors (Lipinski definition) is 2. The van der Waals surface area contributed by atoms with Crippen LogP contribution in [-0.2, 0) is 4.74 Å². The lowest BCUT2D eigenvalue weighted by atomic mass is 9.77. The molecule has 0 N–H and O–H groups in total. The van der Waals surface area contributed by atoms with Gasteiger partial charge < -0.3 is 9.64 Å². The Morgan fingerprint density at radius 2 is 2.10 bits per heavy atom. The molecule has 1 saturated heterocycles. The lowest BCUT2D eigenvalue weighted by Crippen LogP contribution is -2.52. The minimum Gasteiger partial charge on any atom is -0.365 e. The molecule has 3 aliphatic rings. The highest BCUT2D eigenvalue weighted by Gasteiger charge is 2.53. The van der Waals surface area contributed by atoms with Crippen LogP contribution < -0.4 is 4.90 Å². The molecule has 2 heterocycles. The van der Waals surface area contributed by atoms with E-state index in [0.717, 1.165) is 12.8 Å². The summed E-state index contributed by atoms with van der Waals surface area (Å²) in [6.07, 6.45) is 13.4. The molecule has 0 saturated carbocycles. The van der Waals surface area contributed by atoms with Crippen LogP contribution >= 0.6 is 0 Å². The van der Waals surface area contributed by atoms with E-state index in [4.69, 9.17) is 4.74 Å². The van der Waals surface area contributed by atoms with Crippen LogP contribution in [0.4, 0.5) is 5.69 Å². The predicted molar refractivity (Wildman–Crippen MR) is 81.6 cm³/mol. The second-order valence-corrected chi connectivity index (χ2v) is 5.88. The Balaban J connectivity index is 1.81. The van der Waals surface area contributed by atoms with Gasteiger partial charge in [-0.2, -0.15) is 0 Å².